The van der Waals surface area contributed by atoms with E-state index < -0.39 is 0 Å². The van der Waals surface area contributed by atoms with Crippen LogP contribution >= 0.6 is 11.6 Å². The maximum Gasteiger partial charge on any atom is 0.0408 e. The zero-order valence-electron chi connectivity index (χ0n) is 12.0. The normalized spacial score (nSPS) is 34.3. The summed E-state index contributed by atoms with van der Waals surface area (Å²) < 4.78 is 0. The number of nitrogens with one attached hydrogen (secondary N) is 1. The highest BCUT2D eigenvalue weighted by molar-refractivity contribution is 6.30. The number of hydrogen-bond donors (Lipinski definition) is 1. The second-order valence-corrected chi connectivity index (χ2v) is 7.12. The van der Waals surface area contributed by atoms with Crippen LogP contribution in [0.15, 0.2) is 18.2 Å². The van der Waals surface area contributed by atoms with Crippen molar-refractivity contribution in [2.24, 2.45) is 11.8 Å². The highest BCUT2D eigenvalue weighted by atomic mass is 35.5. The monoisotopic (exact) mass is 277 g/mol. The minimum absolute atomic E-state index is 0.620. The van der Waals surface area contributed by atoms with Gasteiger partial charge in [-0.15, -0.1) is 0 Å². The lowest BCUT2D eigenvalue weighted by molar-refractivity contribution is 0.214. The van der Waals surface area contributed by atoms with Crippen molar-refractivity contribution in [3.63, 3.8) is 0 Å². The fourth-order valence-corrected chi connectivity index (χ4v) is 4.12. The SMILES string of the molecule is CC1CCC(NC2Cc3ccc(Cl)cc3C2)C(C)C1. The molecule has 1 fully saturated rings. The fraction of sp³-hybridized carbons (Fsp3) is 0.647. The van der Waals surface area contributed by atoms with Gasteiger partial charge in [0.05, 0.1) is 0 Å². The van der Waals surface area contributed by atoms with Crippen LogP contribution in [0.25, 0.3) is 0 Å². The maximum absolute atomic E-state index is 6.08. The van der Waals surface area contributed by atoms with E-state index in [-0.39, 0.29) is 0 Å². The first kappa shape index (κ1) is 13.5. The molecule has 1 nitrogen and oxygen atoms in total. The van der Waals surface area contributed by atoms with E-state index in [1.54, 1.807) is 0 Å². The van der Waals surface area contributed by atoms with E-state index in [2.05, 4.69) is 31.3 Å². The van der Waals surface area contributed by atoms with Gasteiger partial charge in [-0.3, -0.25) is 0 Å². The van der Waals surface area contributed by atoms with Crippen molar-refractivity contribution in [2.75, 3.05) is 0 Å². The van der Waals surface area contributed by atoms with Crippen LogP contribution in [0.1, 0.15) is 44.2 Å². The van der Waals surface area contributed by atoms with E-state index in [1.165, 1.54) is 36.8 Å². The van der Waals surface area contributed by atoms with Gasteiger partial charge < -0.3 is 5.32 Å². The second kappa shape index (κ2) is 5.46. The first-order valence-corrected chi connectivity index (χ1v) is 8.03. The second-order valence-electron chi connectivity index (χ2n) is 6.69. The Kier molecular flexibility index (Phi) is 3.86. The molecule has 2 aliphatic carbocycles. The summed E-state index contributed by atoms with van der Waals surface area (Å²) in [5.41, 5.74) is 2.93. The summed E-state index contributed by atoms with van der Waals surface area (Å²) in [5, 5.41) is 4.79. The molecule has 0 bridgehead atoms. The van der Waals surface area contributed by atoms with Gasteiger partial charge in [0.1, 0.15) is 0 Å². The summed E-state index contributed by atoms with van der Waals surface area (Å²) in [6, 6.07) is 7.70. The van der Waals surface area contributed by atoms with Gasteiger partial charge in [0.2, 0.25) is 0 Å². The predicted molar refractivity (Wildman–Crippen MR) is 81.8 cm³/mol. The third-order valence-corrected chi connectivity index (χ3v) is 5.22. The standard InChI is InChI=1S/C17H24ClN/c1-11-3-6-17(12(2)7-11)19-16-9-13-4-5-15(18)8-14(13)10-16/h4-5,8,11-12,16-17,19H,3,6-7,9-10H2,1-2H3. The number of hydrogen-bond acceptors (Lipinski definition) is 1. The van der Waals surface area contributed by atoms with E-state index >= 15 is 0 Å². The molecular weight excluding hydrogens is 254 g/mol. The summed E-state index contributed by atoms with van der Waals surface area (Å²) in [5.74, 6) is 1.73. The van der Waals surface area contributed by atoms with E-state index in [0.29, 0.717) is 12.1 Å². The summed E-state index contributed by atoms with van der Waals surface area (Å²) >= 11 is 6.08. The predicted octanol–water partition coefficient (Wildman–Crippen LogP) is 4.22. The molecule has 0 heterocycles. The molecule has 4 atom stereocenters. The van der Waals surface area contributed by atoms with Crippen molar-refractivity contribution in [1.82, 2.24) is 5.32 Å². The lowest BCUT2D eigenvalue weighted by Gasteiger charge is -2.35. The Labute approximate surface area is 121 Å². The van der Waals surface area contributed by atoms with Crippen LogP contribution in [0.2, 0.25) is 5.02 Å². The Morgan fingerprint density at radius 3 is 2.68 bits per heavy atom. The lowest BCUT2D eigenvalue weighted by Crippen LogP contribution is -2.45. The van der Waals surface area contributed by atoms with Crippen molar-refractivity contribution in [1.29, 1.82) is 0 Å². The van der Waals surface area contributed by atoms with E-state index in [9.17, 15) is 0 Å². The highest BCUT2D eigenvalue weighted by Gasteiger charge is 2.29. The summed E-state index contributed by atoms with van der Waals surface area (Å²) in [7, 11) is 0. The number of rotatable bonds is 2. The molecule has 0 aromatic heterocycles. The van der Waals surface area contributed by atoms with Crippen molar-refractivity contribution < 1.29 is 0 Å². The van der Waals surface area contributed by atoms with Gasteiger partial charge in [0, 0.05) is 17.1 Å². The zero-order chi connectivity index (χ0) is 13.4. The molecule has 0 amide bonds. The molecule has 19 heavy (non-hydrogen) atoms. The summed E-state index contributed by atoms with van der Waals surface area (Å²) in [4.78, 5) is 0. The van der Waals surface area contributed by atoms with Gasteiger partial charge in [-0.2, -0.15) is 0 Å². The molecule has 3 rings (SSSR count). The Morgan fingerprint density at radius 1 is 1.11 bits per heavy atom. The average Bonchev–Trinajstić information content (AvgIpc) is 2.74. The maximum atomic E-state index is 6.08. The van der Waals surface area contributed by atoms with E-state index in [0.717, 1.165) is 23.3 Å². The van der Waals surface area contributed by atoms with Gasteiger partial charge in [-0.1, -0.05) is 31.5 Å². The average molecular weight is 278 g/mol. The van der Waals surface area contributed by atoms with Gasteiger partial charge in [0.15, 0.2) is 0 Å². The minimum atomic E-state index is 0.620. The zero-order valence-corrected chi connectivity index (χ0v) is 12.7. The highest BCUT2D eigenvalue weighted by Crippen LogP contribution is 2.31. The molecule has 0 saturated heterocycles. The quantitative estimate of drug-likeness (QED) is 0.853. The molecule has 1 saturated carbocycles. The topological polar surface area (TPSA) is 12.0 Å². The Bertz CT molecular complexity index is 457. The number of benzene rings is 1. The van der Waals surface area contributed by atoms with Gasteiger partial charge in [-0.05, 0) is 67.2 Å². The molecule has 1 N–H and O–H groups in total. The first-order valence-electron chi connectivity index (χ1n) is 7.65. The molecule has 4 unspecified atom stereocenters. The van der Waals surface area contributed by atoms with Crippen LogP contribution in [0, 0.1) is 11.8 Å². The van der Waals surface area contributed by atoms with Crippen LogP contribution in [0.4, 0.5) is 0 Å². The van der Waals surface area contributed by atoms with Crippen LogP contribution in [-0.4, -0.2) is 12.1 Å². The van der Waals surface area contributed by atoms with Crippen LogP contribution < -0.4 is 5.32 Å². The van der Waals surface area contributed by atoms with Crippen molar-refractivity contribution in [3.05, 3.63) is 34.3 Å². The first-order chi connectivity index (χ1) is 9.11. The van der Waals surface area contributed by atoms with Gasteiger partial charge in [0.25, 0.3) is 0 Å². The molecule has 1 aromatic carbocycles. The van der Waals surface area contributed by atoms with Crippen LogP contribution in [0.5, 0.6) is 0 Å². The Balaban J connectivity index is 1.61. The lowest BCUT2D eigenvalue weighted by atomic mass is 9.79. The third-order valence-electron chi connectivity index (χ3n) is 4.98. The Morgan fingerprint density at radius 2 is 1.89 bits per heavy atom. The van der Waals surface area contributed by atoms with Crippen molar-refractivity contribution in [2.45, 2.75) is 58.0 Å². The number of fused-ring (bicyclic) bond motifs is 1. The molecule has 1 aromatic rings. The third kappa shape index (κ3) is 2.98. The van der Waals surface area contributed by atoms with E-state index in [1.807, 2.05) is 6.07 Å². The number of halogens is 1. The molecule has 0 aliphatic heterocycles. The molecule has 0 spiro atoms. The van der Waals surface area contributed by atoms with Crippen molar-refractivity contribution in [3.8, 4) is 0 Å². The smallest absolute Gasteiger partial charge is 0.0408 e. The van der Waals surface area contributed by atoms with Crippen LogP contribution in [-0.2, 0) is 12.8 Å². The largest absolute Gasteiger partial charge is 0.310 e. The van der Waals surface area contributed by atoms with Gasteiger partial charge >= 0.3 is 0 Å². The molecule has 0 radical (unpaired) electrons. The van der Waals surface area contributed by atoms with Crippen LogP contribution in [0.3, 0.4) is 0 Å². The molecule has 104 valence electrons. The van der Waals surface area contributed by atoms with E-state index in [4.69, 9.17) is 11.6 Å². The molecule has 2 heteroatoms. The summed E-state index contributed by atoms with van der Waals surface area (Å²) in [6.07, 6.45) is 6.42. The summed E-state index contributed by atoms with van der Waals surface area (Å²) in [6.45, 7) is 4.80. The molecular formula is C17H24ClN. The molecule has 2 aliphatic rings. The van der Waals surface area contributed by atoms with Gasteiger partial charge in [-0.25, -0.2) is 0 Å². The fourth-order valence-electron chi connectivity index (χ4n) is 3.92. The van der Waals surface area contributed by atoms with Crippen molar-refractivity contribution >= 4 is 11.6 Å². The minimum Gasteiger partial charge on any atom is -0.310 e. The Hall–Kier alpha value is -0.530.